The highest BCUT2D eigenvalue weighted by Crippen LogP contribution is 2.42. The van der Waals surface area contributed by atoms with Crippen LogP contribution in [0.25, 0.3) is 0 Å². The number of benzene rings is 1. The van der Waals surface area contributed by atoms with Crippen molar-refractivity contribution in [2.45, 2.75) is 26.2 Å². The smallest absolute Gasteiger partial charge is 0.341 e. The van der Waals surface area contributed by atoms with E-state index >= 15 is 0 Å². The summed E-state index contributed by atoms with van der Waals surface area (Å²) in [5.74, 6) is -2.41. The van der Waals surface area contributed by atoms with Gasteiger partial charge in [-0.15, -0.1) is 11.3 Å². The summed E-state index contributed by atoms with van der Waals surface area (Å²) in [7, 11) is 0. The van der Waals surface area contributed by atoms with Gasteiger partial charge < -0.3 is 19.9 Å². The topological polar surface area (TPSA) is 105 Å². The van der Waals surface area contributed by atoms with E-state index in [9.17, 15) is 14.4 Å². The number of carbonyl (C=O) groups excluding carboxylic acids is 3. The maximum atomic E-state index is 13.2. The molecule has 2 N–H and O–H groups in total. The number of esters is 3. The van der Waals surface area contributed by atoms with Crippen LogP contribution in [-0.4, -0.2) is 37.7 Å². The minimum Gasteiger partial charge on any atom is -0.465 e. The second-order valence-corrected chi connectivity index (χ2v) is 6.58. The number of anilines is 1. The molecular weight excluding hydrogens is 382 g/mol. The quantitative estimate of drug-likeness (QED) is 0.409. The number of hydrogen-bond donors (Lipinski definition) is 1. The van der Waals surface area contributed by atoms with Crippen molar-refractivity contribution in [3.8, 4) is 0 Å². The summed E-state index contributed by atoms with van der Waals surface area (Å²) in [5.41, 5.74) is 4.39. The Morgan fingerprint density at radius 3 is 1.96 bits per heavy atom. The van der Waals surface area contributed by atoms with Crippen molar-refractivity contribution in [3.05, 3.63) is 52.4 Å². The van der Waals surface area contributed by atoms with Gasteiger partial charge in [0.25, 0.3) is 0 Å². The first-order valence-corrected chi connectivity index (χ1v) is 9.77. The van der Waals surface area contributed by atoms with Crippen LogP contribution in [0.15, 0.2) is 35.7 Å². The third-order valence-corrected chi connectivity index (χ3v) is 4.88. The molecule has 2 rings (SSSR count). The van der Waals surface area contributed by atoms with Crippen LogP contribution in [0.2, 0.25) is 0 Å². The van der Waals surface area contributed by atoms with Gasteiger partial charge in [-0.1, -0.05) is 30.3 Å². The lowest BCUT2D eigenvalue weighted by atomic mass is 9.73. The Bertz CT molecular complexity index is 828. The normalized spacial score (nSPS) is 11.0. The van der Waals surface area contributed by atoms with Gasteiger partial charge in [-0.25, -0.2) is 4.79 Å². The minimum atomic E-state index is -2.00. The highest BCUT2D eigenvalue weighted by atomic mass is 32.1. The number of ether oxygens (including phenoxy) is 3. The van der Waals surface area contributed by atoms with Crippen LogP contribution < -0.4 is 5.73 Å². The molecule has 0 aliphatic heterocycles. The lowest BCUT2D eigenvalue weighted by molar-refractivity contribution is -0.162. The Morgan fingerprint density at radius 2 is 1.46 bits per heavy atom. The van der Waals surface area contributed by atoms with Crippen LogP contribution in [0.5, 0.6) is 0 Å². The third-order valence-electron chi connectivity index (χ3n) is 4.07. The van der Waals surface area contributed by atoms with Crippen molar-refractivity contribution in [2.75, 3.05) is 25.6 Å². The lowest BCUT2D eigenvalue weighted by Crippen LogP contribution is -2.48. The van der Waals surface area contributed by atoms with E-state index in [0.29, 0.717) is 5.56 Å². The van der Waals surface area contributed by atoms with E-state index in [4.69, 9.17) is 19.9 Å². The van der Waals surface area contributed by atoms with Crippen LogP contribution in [0.4, 0.5) is 5.00 Å². The summed E-state index contributed by atoms with van der Waals surface area (Å²) < 4.78 is 15.6. The molecule has 0 atom stereocenters. The molecular formula is C20H23NO6S. The first-order chi connectivity index (χ1) is 13.4. The molecule has 0 aliphatic carbocycles. The molecule has 1 aromatic heterocycles. The lowest BCUT2D eigenvalue weighted by Gasteiger charge is -2.30. The number of thiophene rings is 1. The first kappa shape index (κ1) is 21.4. The van der Waals surface area contributed by atoms with Crippen molar-refractivity contribution in [1.29, 1.82) is 0 Å². The highest BCUT2D eigenvalue weighted by Gasteiger charge is 2.55. The third kappa shape index (κ3) is 3.73. The molecule has 150 valence electrons. The molecule has 0 amide bonds. The molecule has 0 unspecified atom stereocenters. The molecule has 8 heteroatoms. The van der Waals surface area contributed by atoms with E-state index in [0.717, 1.165) is 11.3 Å². The summed E-state index contributed by atoms with van der Waals surface area (Å²) in [6, 6.07) is 8.33. The number of nitrogens with two attached hydrogens (primary N) is 1. The number of nitrogen functional groups attached to an aromatic ring is 1. The predicted molar refractivity (Wildman–Crippen MR) is 105 cm³/mol. The molecule has 0 spiro atoms. The average molecular weight is 405 g/mol. The second kappa shape index (κ2) is 9.36. The highest BCUT2D eigenvalue weighted by molar-refractivity contribution is 7.14. The zero-order valence-corrected chi connectivity index (χ0v) is 16.8. The van der Waals surface area contributed by atoms with Gasteiger partial charge in [-0.05, 0) is 31.7 Å². The van der Waals surface area contributed by atoms with Crippen molar-refractivity contribution in [2.24, 2.45) is 0 Å². The number of hydrogen-bond acceptors (Lipinski definition) is 8. The first-order valence-electron chi connectivity index (χ1n) is 8.89. The van der Waals surface area contributed by atoms with Crippen molar-refractivity contribution >= 4 is 34.2 Å². The fraction of sp³-hybridized carbons (Fsp3) is 0.350. The number of rotatable bonds is 8. The molecule has 0 aliphatic rings. The van der Waals surface area contributed by atoms with E-state index in [2.05, 4.69) is 0 Å². The molecule has 0 saturated carbocycles. The van der Waals surface area contributed by atoms with E-state index in [1.54, 1.807) is 51.1 Å². The average Bonchev–Trinajstić information content (AvgIpc) is 3.06. The molecule has 2 aromatic rings. The number of carbonyl (C=O) groups is 3. The SMILES string of the molecule is CCOC(=O)c1c(C(C(=O)OCC)(C(=O)OCC)c2ccccc2)csc1N. The second-order valence-electron chi connectivity index (χ2n) is 5.67. The van der Waals surface area contributed by atoms with E-state index in [1.807, 2.05) is 0 Å². The van der Waals surface area contributed by atoms with E-state index in [-0.39, 0.29) is 35.9 Å². The molecule has 0 saturated heterocycles. The molecule has 1 heterocycles. The fourth-order valence-corrected chi connectivity index (χ4v) is 3.77. The van der Waals surface area contributed by atoms with Gasteiger partial charge in [0, 0.05) is 5.56 Å². The van der Waals surface area contributed by atoms with E-state index in [1.165, 1.54) is 5.38 Å². The van der Waals surface area contributed by atoms with Crippen LogP contribution in [0, 0.1) is 0 Å². The Labute approximate surface area is 167 Å². The van der Waals surface area contributed by atoms with Gasteiger partial charge >= 0.3 is 17.9 Å². The molecule has 7 nitrogen and oxygen atoms in total. The van der Waals surface area contributed by atoms with Gasteiger partial charge in [-0.2, -0.15) is 0 Å². The molecule has 0 radical (unpaired) electrons. The van der Waals surface area contributed by atoms with Gasteiger partial charge in [0.1, 0.15) is 5.00 Å². The fourth-order valence-electron chi connectivity index (χ4n) is 2.92. The summed E-state index contributed by atoms with van der Waals surface area (Å²) in [6.45, 7) is 5.12. The monoisotopic (exact) mass is 405 g/mol. The Morgan fingerprint density at radius 1 is 0.929 bits per heavy atom. The Balaban J connectivity index is 2.87. The summed E-state index contributed by atoms with van der Waals surface area (Å²) >= 11 is 1.04. The van der Waals surface area contributed by atoms with Crippen LogP contribution >= 0.6 is 11.3 Å². The summed E-state index contributed by atoms with van der Waals surface area (Å²) in [4.78, 5) is 39.0. The molecule has 0 bridgehead atoms. The zero-order chi connectivity index (χ0) is 20.7. The van der Waals surface area contributed by atoms with Crippen molar-refractivity contribution < 1.29 is 28.6 Å². The zero-order valence-electron chi connectivity index (χ0n) is 16.0. The maximum Gasteiger partial charge on any atom is 0.341 e. The predicted octanol–water partition coefficient (Wildman–Crippen LogP) is 2.92. The molecule has 28 heavy (non-hydrogen) atoms. The van der Waals surface area contributed by atoms with Crippen LogP contribution in [0.1, 0.15) is 42.3 Å². The molecule has 1 aromatic carbocycles. The van der Waals surface area contributed by atoms with Gasteiger partial charge in [0.15, 0.2) is 0 Å². The largest absolute Gasteiger partial charge is 0.465 e. The van der Waals surface area contributed by atoms with Crippen molar-refractivity contribution in [1.82, 2.24) is 0 Å². The Hall–Kier alpha value is -2.87. The Kier molecular flexibility index (Phi) is 7.17. The van der Waals surface area contributed by atoms with Crippen LogP contribution in [-0.2, 0) is 29.2 Å². The summed E-state index contributed by atoms with van der Waals surface area (Å²) in [5, 5.41) is 1.64. The van der Waals surface area contributed by atoms with Gasteiger partial charge in [-0.3, -0.25) is 9.59 Å². The maximum absolute atomic E-state index is 13.2. The molecule has 0 fully saturated rings. The summed E-state index contributed by atoms with van der Waals surface area (Å²) in [6.07, 6.45) is 0. The standard InChI is InChI=1S/C20H23NO6S/c1-4-25-17(22)15-14(12-28-16(15)21)20(18(23)26-5-2,19(24)27-6-3)13-10-8-7-9-11-13/h7-12H,4-6,21H2,1-3H3. The van der Waals surface area contributed by atoms with E-state index < -0.39 is 23.3 Å². The minimum absolute atomic E-state index is 0.0307. The van der Waals surface area contributed by atoms with Crippen LogP contribution in [0.3, 0.4) is 0 Å². The van der Waals surface area contributed by atoms with Gasteiger partial charge in [0.05, 0.1) is 25.4 Å². The van der Waals surface area contributed by atoms with Gasteiger partial charge in [0.2, 0.25) is 5.41 Å². The van der Waals surface area contributed by atoms with Crippen molar-refractivity contribution in [3.63, 3.8) is 0 Å².